The van der Waals surface area contributed by atoms with Gasteiger partial charge < -0.3 is 26.7 Å². The van der Waals surface area contributed by atoms with Crippen LogP contribution in [0, 0.1) is 11.3 Å². The number of alkyl halides is 6. The molecule has 6 saturated heterocycles. The van der Waals surface area contributed by atoms with Gasteiger partial charge in [-0.2, -0.15) is 42.0 Å². The number of hydrogen-bond donors (Lipinski definition) is 4. The Bertz CT molecular complexity index is 4450. The van der Waals surface area contributed by atoms with Gasteiger partial charge in [0.25, 0.3) is 6.47 Å². The normalized spacial score (nSPS) is 21.8. The van der Waals surface area contributed by atoms with Crippen LogP contribution in [0.15, 0.2) is 173 Å². The molecule has 0 saturated carbocycles. The van der Waals surface area contributed by atoms with Crippen molar-refractivity contribution in [2.45, 2.75) is 192 Å². The number of amides is 2. The molecule has 540 valence electrons. The number of nitrogens with one attached hydrogen (secondary N) is 3. The van der Waals surface area contributed by atoms with E-state index in [1.165, 1.54) is 46.4 Å². The fourth-order valence-corrected chi connectivity index (χ4v) is 18.5. The number of hydrogen-bond acceptors (Lipinski definition) is 18. The molecule has 2 aromatic heterocycles. The van der Waals surface area contributed by atoms with Gasteiger partial charge in [-0.1, -0.05) is 174 Å². The van der Waals surface area contributed by atoms with Crippen LogP contribution in [0.3, 0.4) is 0 Å². The molecule has 0 aliphatic carbocycles. The van der Waals surface area contributed by atoms with Crippen molar-refractivity contribution < 1.29 is 165 Å². The van der Waals surface area contributed by atoms with Crippen LogP contribution in [0.5, 0.6) is 0 Å². The fourth-order valence-electron chi connectivity index (χ4n) is 15.1. The Labute approximate surface area is 700 Å². The maximum atomic E-state index is 13.2. The Balaban J connectivity index is 0.000000262. The Morgan fingerprint density at radius 2 is 0.856 bits per heavy atom. The maximum absolute atomic E-state index is 13.2. The summed E-state index contributed by atoms with van der Waals surface area (Å²) in [6.45, 7) is -0.181. The molecular formula is C74H80F6K2N12O7S3. The number of rotatable bonds is 3. The van der Waals surface area contributed by atoms with Crippen molar-refractivity contribution in [3.8, 4) is 28.8 Å². The third kappa shape index (κ3) is 18.4. The standard InChI is InChI=1S/C23H18F3N5OS.C23H17F3N2OS.C21H19N5S.CH2O3.CH4O2.5CH4.2K.H/c24-23(25,26)22(32)31-14-6-7-15(31)10-13(9-14)20-16-3-1-2-4-18(16)33-19-11-12(5-8-17(19)20)21-27-29-30-28-21;24-23(25,26)22(29)28-15-6-7-16(28)11-14(10-15)21-17-3-1-2-4-19(17)30-20-9-13(12-27)5-8-18(20)21;1-2-4-18-16(3-1)20(13-9-14-6-7-15(10-13)22-14)17-8-5-12(11-19(17)27-18)21-23-25-26-24-21;2-1-4-3;1-3-2;;;;;;;;/h1-5,8,11,14-15H,6-7,9-10H2,(H,27,28,29,30);1-5,8-9,15-16H,6-7,10-11H2;1-5,8,11,14-15,22H,6-7,9-10H2,(H,23,24,25,26);1,3H;2H,1H3;5*1H4;;;/q;;;;;;;;;;2*+1;-1/p-1/t14-,15+;15-,16+;14-,15+;;;;;;;;;;. The van der Waals surface area contributed by atoms with Crippen molar-refractivity contribution in [3.05, 3.63) is 183 Å². The summed E-state index contributed by atoms with van der Waals surface area (Å²) in [6, 6.07) is 44.9. The third-order valence-electron chi connectivity index (χ3n) is 18.8. The minimum Gasteiger partial charge on any atom is -1.00 e. The van der Waals surface area contributed by atoms with Gasteiger partial charge >= 0.3 is 127 Å². The Hall–Kier alpha value is -5.68. The first-order valence-corrected chi connectivity index (χ1v) is 33.6. The number of benzene rings is 6. The quantitative estimate of drug-likeness (QED) is 0.0421. The molecule has 0 unspecified atom stereocenters. The molecule has 9 aliphatic heterocycles. The van der Waals surface area contributed by atoms with Gasteiger partial charge in [0.15, 0.2) is 0 Å². The SMILES string of the molecule is C.C.C.C.C.COO.N#Cc1ccc2c(c1)Sc1ccccc1C2=C1C[C@H]2CC[C@@H](C1)N2C(=O)C(F)(F)F.O=C(N1[C@@H]2CC[C@H]1CC(=C1c3ccccc3Sc3cc(-c4nn[nH]n4)ccc31)C2)C(F)(F)F.O=CO[O-].[H-].[K+].[K+].c1ccc2c(c1)Sc1cc(-c3nn[nH]n3)ccc1C2=C1C[C@H]2CC[C@@H](C1)N2. The molecule has 2 amide bonds. The van der Waals surface area contributed by atoms with Crippen molar-refractivity contribution in [1.82, 2.24) is 56.4 Å². The van der Waals surface area contributed by atoms with Crippen LogP contribution in [0.4, 0.5) is 26.3 Å². The van der Waals surface area contributed by atoms with E-state index < -0.39 is 48.3 Å². The summed E-state index contributed by atoms with van der Waals surface area (Å²) < 4.78 is 78.8. The van der Waals surface area contributed by atoms with E-state index in [0.717, 1.165) is 97.9 Å². The molecule has 30 heteroatoms. The first-order chi connectivity index (χ1) is 46.9. The summed E-state index contributed by atoms with van der Waals surface area (Å²) in [6.07, 6.45) is -0.518. The van der Waals surface area contributed by atoms with E-state index in [1.54, 1.807) is 35.2 Å². The fraction of sp³-hybridized carbons (Fsp3) is 0.351. The molecule has 6 bridgehead atoms. The smallest absolute Gasteiger partial charge is 1.00 e. The van der Waals surface area contributed by atoms with Gasteiger partial charge in [-0.15, -0.1) is 20.4 Å². The van der Waals surface area contributed by atoms with Crippen molar-refractivity contribution in [3.63, 3.8) is 0 Å². The van der Waals surface area contributed by atoms with Crippen LogP contribution in [-0.4, -0.2) is 130 Å². The molecule has 0 radical (unpaired) electrons. The average Bonchev–Trinajstić information content (AvgIpc) is 1.74. The van der Waals surface area contributed by atoms with Crippen molar-refractivity contribution in [2.24, 2.45) is 0 Å². The molecule has 0 spiro atoms. The van der Waals surface area contributed by atoms with Gasteiger partial charge in [-0.05, 0) is 180 Å². The summed E-state index contributed by atoms with van der Waals surface area (Å²) >= 11 is 5.10. The number of tetrazole rings is 2. The van der Waals surface area contributed by atoms with Crippen LogP contribution in [0.2, 0.25) is 0 Å². The zero-order chi connectivity index (χ0) is 67.7. The van der Waals surface area contributed by atoms with E-state index in [9.17, 15) is 41.2 Å². The number of halogens is 6. The molecule has 6 aromatic carbocycles. The Kier molecular flexibility index (Phi) is 31.8. The molecule has 17 rings (SSSR count). The van der Waals surface area contributed by atoms with Crippen LogP contribution >= 0.6 is 35.3 Å². The first kappa shape index (κ1) is 87.2. The van der Waals surface area contributed by atoms with Crippen LogP contribution in [-0.2, 0) is 24.2 Å². The van der Waals surface area contributed by atoms with Gasteiger partial charge in [0.05, 0.1) is 18.7 Å². The van der Waals surface area contributed by atoms with Gasteiger partial charge in [0, 0.05) is 76.8 Å². The summed E-state index contributed by atoms with van der Waals surface area (Å²) in [5.41, 5.74) is 16.8. The maximum Gasteiger partial charge on any atom is 1.00 e. The second-order valence-corrected chi connectivity index (χ2v) is 27.6. The van der Waals surface area contributed by atoms with E-state index in [1.807, 2.05) is 78.5 Å². The topological polar surface area (TPSA) is 264 Å². The van der Waals surface area contributed by atoms with E-state index in [4.69, 9.17) is 15.3 Å². The predicted molar refractivity (Wildman–Crippen MR) is 379 cm³/mol. The van der Waals surface area contributed by atoms with Gasteiger partial charge in [-0.3, -0.25) is 19.6 Å². The van der Waals surface area contributed by atoms with E-state index in [2.05, 4.69) is 117 Å². The molecular weight excluding hydrogens is 1460 g/mol. The number of carbonyl (C=O) groups is 3. The molecule has 11 heterocycles. The minimum absolute atomic E-state index is 0. The molecule has 8 aromatic rings. The zero-order valence-corrected chi connectivity index (χ0v) is 62.3. The predicted octanol–water partition coefficient (Wildman–Crippen LogP) is 10.3. The van der Waals surface area contributed by atoms with Crippen molar-refractivity contribution in [1.29, 1.82) is 5.26 Å². The average molecular weight is 1540 g/mol. The van der Waals surface area contributed by atoms with Crippen LogP contribution < -0.4 is 113 Å². The van der Waals surface area contributed by atoms with Crippen LogP contribution in [0.25, 0.3) is 39.5 Å². The summed E-state index contributed by atoms with van der Waals surface area (Å²) in [4.78, 5) is 47.5. The van der Waals surface area contributed by atoms with Crippen molar-refractivity contribution in [2.75, 3.05) is 7.11 Å². The monoisotopic (exact) mass is 1540 g/mol. The zero-order valence-electron chi connectivity index (χ0n) is 54.6. The number of piperidine rings is 3. The number of H-pyrrole nitrogens is 2. The van der Waals surface area contributed by atoms with Crippen molar-refractivity contribution >= 4 is 70.3 Å². The number of aromatic amines is 2. The molecule has 9 aliphatic rings. The second kappa shape index (κ2) is 37.9. The summed E-state index contributed by atoms with van der Waals surface area (Å²) in [5.74, 6) is -2.27. The molecule has 4 N–H and O–H groups in total. The molecule has 19 nitrogen and oxygen atoms in total. The van der Waals surface area contributed by atoms with E-state index >= 15 is 0 Å². The number of aromatic nitrogens is 8. The molecule has 6 atom stereocenters. The van der Waals surface area contributed by atoms with Gasteiger partial charge in [-0.25, -0.2) is 4.89 Å². The number of fused-ring (bicyclic) bond motifs is 12. The van der Waals surface area contributed by atoms with Gasteiger partial charge in [0.2, 0.25) is 11.6 Å². The van der Waals surface area contributed by atoms with Gasteiger partial charge in [0.1, 0.15) is 0 Å². The number of nitriles is 1. The molecule has 104 heavy (non-hydrogen) atoms. The Morgan fingerprint density at radius 3 is 1.17 bits per heavy atom. The molecule has 6 fully saturated rings. The van der Waals surface area contributed by atoms with E-state index in [0.29, 0.717) is 80.7 Å². The van der Waals surface area contributed by atoms with E-state index in [-0.39, 0.29) is 148 Å². The number of nitrogens with zero attached hydrogens (tertiary/aromatic N) is 9. The number of carbonyl (C=O) groups excluding carboxylic acids is 3. The summed E-state index contributed by atoms with van der Waals surface area (Å²) in [5, 5.41) is 57.3. The van der Waals surface area contributed by atoms with Crippen LogP contribution in [0.1, 0.15) is 155 Å². The Morgan fingerprint density at radius 1 is 0.538 bits per heavy atom. The second-order valence-electron chi connectivity index (χ2n) is 24.4. The minimum atomic E-state index is -4.84. The summed E-state index contributed by atoms with van der Waals surface area (Å²) in [7, 11) is 1.18. The first-order valence-electron chi connectivity index (χ1n) is 31.2. The largest absolute Gasteiger partial charge is 1.00 e. The third-order valence-corrected chi connectivity index (χ3v) is 22.2.